The van der Waals surface area contributed by atoms with E-state index in [9.17, 15) is 5.26 Å². The molecule has 0 bridgehead atoms. The first-order chi connectivity index (χ1) is 8.93. The first kappa shape index (κ1) is 14.3. The summed E-state index contributed by atoms with van der Waals surface area (Å²) in [5.74, 6) is 0.669. The Morgan fingerprint density at radius 3 is 2.37 bits per heavy atom. The molecule has 0 radical (unpaired) electrons. The number of rotatable bonds is 5. The first-order valence-corrected chi connectivity index (χ1v) is 7.56. The molecule has 1 atom stereocenters. The molecule has 19 heavy (non-hydrogen) atoms. The van der Waals surface area contributed by atoms with Crippen LogP contribution in [0.1, 0.15) is 36.7 Å². The average molecular weight is 276 g/mol. The van der Waals surface area contributed by atoms with Crippen LogP contribution in [-0.4, -0.2) is 27.3 Å². The van der Waals surface area contributed by atoms with Crippen molar-refractivity contribution >= 4 is 11.8 Å². The lowest BCUT2D eigenvalue weighted by atomic mass is 10.1. The molecule has 0 aromatic carbocycles. The van der Waals surface area contributed by atoms with Gasteiger partial charge in [0.1, 0.15) is 5.54 Å². The van der Waals surface area contributed by atoms with E-state index in [1.54, 1.807) is 11.8 Å². The summed E-state index contributed by atoms with van der Waals surface area (Å²) in [5, 5.41) is 13.5. The largest absolute Gasteiger partial charge is 0.296 e. The van der Waals surface area contributed by atoms with Crippen LogP contribution < -0.4 is 5.32 Å². The van der Waals surface area contributed by atoms with Gasteiger partial charge in [0, 0.05) is 23.2 Å². The highest BCUT2D eigenvalue weighted by Crippen LogP contribution is 2.26. The molecule has 0 spiro atoms. The van der Waals surface area contributed by atoms with Gasteiger partial charge in [0.25, 0.3) is 0 Å². The van der Waals surface area contributed by atoms with E-state index in [-0.39, 0.29) is 0 Å². The molecular formula is C14H20N4S. The minimum atomic E-state index is -0.498. The second-order valence-corrected chi connectivity index (χ2v) is 6.40. The molecule has 5 heteroatoms. The lowest BCUT2D eigenvalue weighted by molar-refractivity contribution is 0.490. The number of aromatic nitrogens is 2. The van der Waals surface area contributed by atoms with Crippen LogP contribution in [0, 0.1) is 32.1 Å². The van der Waals surface area contributed by atoms with Gasteiger partial charge < -0.3 is 0 Å². The van der Waals surface area contributed by atoms with E-state index in [1.165, 1.54) is 12.8 Å². The maximum absolute atomic E-state index is 9.33. The van der Waals surface area contributed by atoms with Crippen molar-refractivity contribution < 1.29 is 0 Å². The summed E-state index contributed by atoms with van der Waals surface area (Å²) in [7, 11) is 0. The molecule has 1 unspecified atom stereocenters. The summed E-state index contributed by atoms with van der Waals surface area (Å²) in [6.07, 6.45) is 2.36. The van der Waals surface area contributed by atoms with Crippen LogP contribution in [0.3, 0.4) is 0 Å². The summed E-state index contributed by atoms with van der Waals surface area (Å²) < 4.78 is 0. The third kappa shape index (κ3) is 3.68. The van der Waals surface area contributed by atoms with Crippen molar-refractivity contribution in [2.75, 3.05) is 5.75 Å². The molecule has 0 amide bonds. The number of hydrogen-bond donors (Lipinski definition) is 1. The number of aryl methyl sites for hydroxylation is 2. The van der Waals surface area contributed by atoms with Gasteiger partial charge in [-0.2, -0.15) is 5.26 Å². The van der Waals surface area contributed by atoms with Gasteiger partial charge in [0.2, 0.25) is 0 Å². The van der Waals surface area contributed by atoms with Crippen molar-refractivity contribution in [1.82, 2.24) is 15.3 Å². The van der Waals surface area contributed by atoms with Gasteiger partial charge >= 0.3 is 0 Å². The molecule has 1 aliphatic carbocycles. The summed E-state index contributed by atoms with van der Waals surface area (Å²) in [6.45, 7) is 7.99. The Kier molecular flexibility index (Phi) is 4.12. The van der Waals surface area contributed by atoms with Gasteiger partial charge in [-0.25, -0.2) is 9.97 Å². The number of thioether (sulfide) groups is 1. The fraction of sp³-hybridized carbons (Fsp3) is 0.643. The van der Waals surface area contributed by atoms with Crippen LogP contribution in [0.2, 0.25) is 0 Å². The zero-order valence-electron chi connectivity index (χ0n) is 11.9. The van der Waals surface area contributed by atoms with Gasteiger partial charge in [-0.3, -0.25) is 5.32 Å². The molecule has 1 fully saturated rings. The highest BCUT2D eigenvalue weighted by atomic mass is 32.2. The van der Waals surface area contributed by atoms with E-state index in [4.69, 9.17) is 0 Å². The predicted octanol–water partition coefficient (Wildman–Crippen LogP) is 2.53. The van der Waals surface area contributed by atoms with Crippen LogP contribution in [0.4, 0.5) is 0 Å². The molecule has 2 rings (SSSR count). The maximum atomic E-state index is 9.33. The van der Waals surface area contributed by atoms with Crippen molar-refractivity contribution in [3.63, 3.8) is 0 Å². The van der Waals surface area contributed by atoms with Gasteiger partial charge in [-0.1, -0.05) is 11.8 Å². The fourth-order valence-electron chi connectivity index (χ4n) is 1.80. The highest BCUT2D eigenvalue weighted by molar-refractivity contribution is 7.99. The zero-order valence-corrected chi connectivity index (χ0v) is 12.8. The number of nitriles is 1. The Morgan fingerprint density at radius 1 is 1.32 bits per heavy atom. The van der Waals surface area contributed by atoms with Crippen LogP contribution >= 0.6 is 11.8 Å². The minimum Gasteiger partial charge on any atom is -0.296 e. The molecule has 4 nitrogen and oxygen atoms in total. The van der Waals surface area contributed by atoms with Gasteiger partial charge in [0.15, 0.2) is 5.16 Å². The topological polar surface area (TPSA) is 61.6 Å². The number of nitrogens with zero attached hydrogens (tertiary/aromatic N) is 3. The second-order valence-electron chi connectivity index (χ2n) is 5.45. The van der Waals surface area contributed by atoms with Crippen molar-refractivity contribution in [3.05, 3.63) is 17.0 Å². The van der Waals surface area contributed by atoms with E-state index in [0.29, 0.717) is 11.8 Å². The Labute approximate surface area is 119 Å². The normalized spacial score (nSPS) is 17.8. The molecule has 1 aromatic rings. The van der Waals surface area contributed by atoms with Gasteiger partial charge in [0.05, 0.1) is 6.07 Å². The lowest BCUT2D eigenvalue weighted by Crippen LogP contribution is -2.44. The molecule has 0 saturated heterocycles. The van der Waals surface area contributed by atoms with Crippen LogP contribution in [0.5, 0.6) is 0 Å². The Bertz CT molecular complexity index is 496. The molecule has 1 saturated carbocycles. The summed E-state index contributed by atoms with van der Waals surface area (Å²) in [6, 6.07) is 2.89. The second kappa shape index (κ2) is 5.48. The maximum Gasteiger partial charge on any atom is 0.188 e. The molecule has 102 valence electrons. The van der Waals surface area contributed by atoms with E-state index in [0.717, 1.165) is 22.1 Å². The quantitative estimate of drug-likeness (QED) is 0.661. The minimum absolute atomic E-state index is 0.498. The first-order valence-electron chi connectivity index (χ1n) is 6.57. The van der Waals surface area contributed by atoms with E-state index >= 15 is 0 Å². The van der Waals surface area contributed by atoms with Gasteiger partial charge in [-0.05, 0) is 46.1 Å². The SMILES string of the molecule is Cc1nc(SCC(C)(C#N)NC2CC2)nc(C)c1C. The van der Waals surface area contributed by atoms with Crippen LogP contribution in [0.25, 0.3) is 0 Å². The van der Waals surface area contributed by atoms with Crippen molar-refractivity contribution in [3.8, 4) is 6.07 Å². The van der Waals surface area contributed by atoms with Crippen molar-refractivity contribution in [2.45, 2.75) is 57.3 Å². The lowest BCUT2D eigenvalue weighted by Gasteiger charge is -2.22. The van der Waals surface area contributed by atoms with Crippen molar-refractivity contribution in [1.29, 1.82) is 5.26 Å². The highest BCUT2D eigenvalue weighted by Gasteiger charge is 2.32. The van der Waals surface area contributed by atoms with E-state index in [2.05, 4.69) is 21.4 Å². The molecule has 1 heterocycles. The third-order valence-corrected chi connectivity index (χ3v) is 4.61. The predicted molar refractivity (Wildman–Crippen MR) is 77.1 cm³/mol. The Balaban J connectivity index is 2.03. The third-order valence-electron chi connectivity index (χ3n) is 3.45. The average Bonchev–Trinajstić information content (AvgIpc) is 3.17. The number of hydrogen-bond acceptors (Lipinski definition) is 5. The smallest absolute Gasteiger partial charge is 0.188 e. The van der Waals surface area contributed by atoms with Crippen LogP contribution in [-0.2, 0) is 0 Å². The molecule has 1 aromatic heterocycles. The summed E-state index contributed by atoms with van der Waals surface area (Å²) >= 11 is 1.55. The summed E-state index contributed by atoms with van der Waals surface area (Å²) in [4.78, 5) is 8.96. The van der Waals surface area contributed by atoms with E-state index < -0.39 is 5.54 Å². The standard InChI is InChI=1S/C14H20N4S/c1-9-10(2)16-13(17-11(9)3)19-8-14(4,7-15)18-12-5-6-12/h12,18H,5-6,8H2,1-4H3. The number of nitrogens with one attached hydrogen (secondary N) is 1. The molecule has 1 N–H and O–H groups in total. The van der Waals surface area contributed by atoms with Crippen molar-refractivity contribution in [2.24, 2.45) is 0 Å². The monoisotopic (exact) mass is 276 g/mol. The Hall–Kier alpha value is -1.12. The van der Waals surface area contributed by atoms with E-state index in [1.807, 2.05) is 27.7 Å². The van der Waals surface area contributed by atoms with Gasteiger partial charge in [-0.15, -0.1) is 0 Å². The summed E-state index contributed by atoms with van der Waals surface area (Å²) in [5.41, 5.74) is 2.68. The molecule has 1 aliphatic rings. The zero-order chi connectivity index (χ0) is 14.0. The van der Waals surface area contributed by atoms with Crippen LogP contribution in [0.15, 0.2) is 5.16 Å². The fourth-order valence-corrected chi connectivity index (χ4v) is 2.77. The molecule has 0 aliphatic heterocycles. The molecular weight excluding hydrogens is 256 g/mol. The Morgan fingerprint density at radius 2 is 1.89 bits per heavy atom.